The minimum atomic E-state index is -0.550. The first-order chi connectivity index (χ1) is 7.15. The highest BCUT2D eigenvalue weighted by Crippen LogP contribution is 2.13. The lowest BCUT2D eigenvalue weighted by Crippen LogP contribution is -2.07. The van der Waals surface area contributed by atoms with E-state index in [-0.39, 0.29) is 25.1 Å². The molecule has 0 atom stereocenters. The zero-order valence-electron chi connectivity index (χ0n) is 8.46. The second kappa shape index (κ2) is 5.29. The number of carbonyl (C=O) groups excluding carboxylic acids is 1. The van der Waals surface area contributed by atoms with E-state index < -0.39 is 11.8 Å². The largest absolute Gasteiger partial charge is 0.461 e. The van der Waals surface area contributed by atoms with Gasteiger partial charge < -0.3 is 9.15 Å². The third-order valence-corrected chi connectivity index (χ3v) is 1.73. The third kappa shape index (κ3) is 3.19. The Morgan fingerprint density at radius 3 is 3.07 bits per heavy atom. The zero-order chi connectivity index (χ0) is 11.3. The number of allylic oxidation sites excluding steroid dienone is 1. The Balaban J connectivity index is 2.68. The standard InChI is InChI=1S/C10H12FNO3/c1-3-14-10(13)9-8(15-6-12-9)5-4-7(2)11/h6H,2-5H2,1H3. The first-order valence-corrected chi connectivity index (χ1v) is 4.58. The van der Waals surface area contributed by atoms with E-state index in [1.54, 1.807) is 6.92 Å². The van der Waals surface area contributed by atoms with Gasteiger partial charge in [0.05, 0.1) is 12.4 Å². The quantitative estimate of drug-likeness (QED) is 0.704. The molecule has 1 aromatic rings. The molecule has 0 aromatic carbocycles. The first kappa shape index (κ1) is 11.4. The van der Waals surface area contributed by atoms with Crippen molar-refractivity contribution in [3.63, 3.8) is 0 Å². The average molecular weight is 213 g/mol. The van der Waals surface area contributed by atoms with Gasteiger partial charge in [0, 0.05) is 12.8 Å². The molecule has 0 aliphatic rings. The Bertz CT molecular complexity index is 359. The highest BCUT2D eigenvalue weighted by Gasteiger charge is 2.17. The fourth-order valence-corrected chi connectivity index (χ4v) is 1.06. The monoisotopic (exact) mass is 213 g/mol. The SMILES string of the molecule is C=C(F)CCc1ocnc1C(=O)OCC. The molecule has 0 spiro atoms. The van der Waals surface area contributed by atoms with Gasteiger partial charge in [-0.2, -0.15) is 0 Å². The van der Waals surface area contributed by atoms with Crippen molar-refractivity contribution in [1.29, 1.82) is 0 Å². The van der Waals surface area contributed by atoms with Gasteiger partial charge >= 0.3 is 5.97 Å². The molecular weight excluding hydrogens is 201 g/mol. The summed E-state index contributed by atoms with van der Waals surface area (Å²) in [7, 11) is 0. The van der Waals surface area contributed by atoms with Gasteiger partial charge in [0.25, 0.3) is 0 Å². The normalized spacial score (nSPS) is 10.0. The Morgan fingerprint density at radius 2 is 2.47 bits per heavy atom. The molecule has 0 aliphatic heterocycles. The van der Waals surface area contributed by atoms with Crippen molar-refractivity contribution in [2.75, 3.05) is 6.61 Å². The second-order valence-corrected chi connectivity index (χ2v) is 2.86. The summed E-state index contributed by atoms with van der Waals surface area (Å²) in [6, 6.07) is 0. The average Bonchev–Trinajstić information content (AvgIpc) is 2.62. The predicted octanol–water partition coefficient (Wildman–Crippen LogP) is 2.27. The lowest BCUT2D eigenvalue weighted by Gasteiger charge is -2.00. The number of nitrogens with zero attached hydrogens (tertiary/aromatic N) is 1. The van der Waals surface area contributed by atoms with Crippen LogP contribution in [0.25, 0.3) is 0 Å². The predicted molar refractivity (Wildman–Crippen MR) is 51.0 cm³/mol. The number of esters is 1. The fraction of sp³-hybridized carbons (Fsp3) is 0.400. The van der Waals surface area contributed by atoms with E-state index in [0.717, 1.165) is 6.39 Å². The van der Waals surface area contributed by atoms with Crippen molar-refractivity contribution in [2.45, 2.75) is 19.8 Å². The molecule has 0 radical (unpaired) electrons. The van der Waals surface area contributed by atoms with Gasteiger partial charge in [-0.1, -0.05) is 6.58 Å². The molecule has 0 saturated heterocycles. The summed E-state index contributed by atoms with van der Waals surface area (Å²) in [5.74, 6) is -0.681. The third-order valence-electron chi connectivity index (χ3n) is 1.73. The maximum absolute atomic E-state index is 12.4. The summed E-state index contributed by atoms with van der Waals surface area (Å²) in [6.07, 6.45) is 1.51. The molecule has 0 amide bonds. The van der Waals surface area contributed by atoms with Gasteiger partial charge in [0.1, 0.15) is 5.76 Å². The van der Waals surface area contributed by atoms with Crippen LogP contribution in [0.4, 0.5) is 4.39 Å². The minimum Gasteiger partial charge on any atom is -0.461 e. The molecular formula is C10H12FNO3. The first-order valence-electron chi connectivity index (χ1n) is 4.58. The van der Waals surface area contributed by atoms with E-state index >= 15 is 0 Å². The van der Waals surface area contributed by atoms with Crippen LogP contribution in [-0.2, 0) is 11.2 Å². The fourth-order valence-electron chi connectivity index (χ4n) is 1.06. The summed E-state index contributed by atoms with van der Waals surface area (Å²) in [5.41, 5.74) is 0.109. The molecule has 1 aromatic heterocycles. The molecule has 1 rings (SSSR count). The molecule has 0 bridgehead atoms. The maximum Gasteiger partial charge on any atom is 0.360 e. The van der Waals surface area contributed by atoms with Crippen LogP contribution in [0.2, 0.25) is 0 Å². The van der Waals surface area contributed by atoms with Crippen molar-refractivity contribution in [3.8, 4) is 0 Å². The molecule has 1 heterocycles. The summed E-state index contributed by atoms with van der Waals surface area (Å²) in [5, 5.41) is 0. The van der Waals surface area contributed by atoms with Crippen LogP contribution in [0.15, 0.2) is 23.2 Å². The van der Waals surface area contributed by atoms with Crippen LogP contribution >= 0.6 is 0 Å². The molecule has 0 N–H and O–H groups in total. The lowest BCUT2D eigenvalue weighted by atomic mass is 10.2. The van der Waals surface area contributed by atoms with Crippen molar-refractivity contribution < 1.29 is 18.3 Å². The van der Waals surface area contributed by atoms with Crippen LogP contribution in [0, 0.1) is 0 Å². The zero-order valence-corrected chi connectivity index (χ0v) is 8.46. The molecule has 0 aliphatic carbocycles. The van der Waals surface area contributed by atoms with Gasteiger partial charge in [-0.05, 0) is 6.92 Å². The van der Waals surface area contributed by atoms with Gasteiger partial charge in [-0.3, -0.25) is 0 Å². The van der Waals surface area contributed by atoms with E-state index in [1.165, 1.54) is 0 Å². The van der Waals surface area contributed by atoms with E-state index in [0.29, 0.717) is 5.76 Å². The van der Waals surface area contributed by atoms with Gasteiger partial charge in [0.15, 0.2) is 12.1 Å². The molecule has 15 heavy (non-hydrogen) atoms. The second-order valence-electron chi connectivity index (χ2n) is 2.86. The summed E-state index contributed by atoms with van der Waals surface area (Å²) < 4.78 is 22.1. The molecule has 0 unspecified atom stereocenters. The van der Waals surface area contributed by atoms with E-state index in [9.17, 15) is 9.18 Å². The van der Waals surface area contributed by atoms with Crippen molar-refractivity contribution >= 4 is 5.97 Å². The topological polar surface area (TPSA) is 52.3 Å². The number of halogens is 1. The Hall–Kier alpha value is -1.65. The van der Waals surface area contributed by atoms with Gasteiger partial charge in [-0.25, -0.2) is 14.2 Å². The number of aromatic nitrogens is 1. The summed E-state index contributed by atoms with van der Waals surface area (Å²) >= 11 is 0. The van der Waals surface area contributed by atoms with Crippen molar-refractivity contribution in [2.24, 2.45) is 0 Å². The molecule has 82 valence electrons. The van der Waals surface area contributed by atoms with Crippen LogP contribution in [0.1, 0.15) is 29.6 Å². The van der Waals surface area contributed by atoms with Crippen LogP contribution in [0.5, 0.6) is 0 Å². The van der Waals surface area contributed by atoms with E-state index in [1.807, 2.05) is 0 Å². The number of aryl methyl sites for hydroxylation is 1. The minimum absolute atomic E-state index is 0.109. The van der Waals surface area contributed by atoms with Crippen molar-refractivity contribution in [1.82, 2.24) is 4.98 Å². The number of oxazole rings is 1. The number of carbonyl (C=O) groups is 1. The lowest BCUT2D eigenvalue weighted by molar-refractivity contribution is 0.0517. The smallest absolute Gasteiger partial charge is 0.360 e. The highest BCUT2D eigenvalue weighted by atomic mass is 19.1. The summed E-state index contributed by atoms with van der Waals surface area (Å²) in [6.45, 7) is 5.08. The molecule has 5 heteroatoms. The molecule has 4 nitrogen and oxygen atoms in total. The highest BCUT2D eigenvalue weighted by molar-refractivity contribution is 5.88. The summed E-state index contributed by atoms with van der Waals surface area (Å²) in [4.78, 5) is 15.0. The van der Waals surface area contributed by atoms with Gasteiger partial charge in [-0.15, -0.1) is 0 Å². The van der Waals surface area contributed by atoms with Crippen LogP contribution in [-0.4, -0.2) is 17.6 Å². The Labute approximate surface area is 86.8 Å². The molecule has 0 fully saturated rings. The number of ether oxygens (including phenoxy) is 1. The van der Waals surface area contributed by atoms with E-state index in [4.69, 9.17) is 9.15 Å². The number of rotatable bonds is 5. The van der Waals surface area contributed by atoms with Crippen LogP contribution < -0.4 is 0 Å². The van der Waals surface area contributed by atoms with Crippen LogP contribution in [0.3, 0.4) is 0 Å². The van der Waals surface area contributed by atoms with Gasteiger partial charge in [0.2, 0.25) is 0 Å². The number of hydrogen-bond acceptors (Lipinski definition) is 4. The van der Waals surface area contributed by atoms with Crippen molar-refractivity contribution in [3.05, 3.63) is 30.3 Å². The Morgan fingerprint density at radius 1 is 1.73 bits per heavy atom. The number of hydrogen-bond donors (Lipinski definition) is 0. The van der Waals surface area contributed by atoms with E-state index in [2.05, 4.69) is 11.6 Å². The maximum atomic E-state index is 12.4. The Kier molecular flexibility index (Phi) is 4.03. The molecule has 0 saturated carbocycles.